The lowest BCUT2D eigenvalue weighted by Crippen LogP contribution is -2.62. The standard InChI is InChI=1S/C36H52N2O5/c1-20-13-24(15-25(14-20)35(4,5)6)27-12-10-11-23(33(27)42-9)18-38-32(31(22(3)40)30(19-39)43-38)34(41)37-29-17-26-16-28(21(29)2)36(26,7)8/h10-15,21-22,26,28-32,39-40H,16-19H2,1-9H3,(H,37,41)/t21-,22-,26+,28-,29-,30-,31+,32-/m0/s1. The molecule has 3 N–H and O–H groups in total. The van der Waals surface area contributed by atoms with Gasteiger partial charge >= 0.3 is 0 Å². The lowest BCUT2D eigenvalue weighted by molar-refractivity contribution is -0.183. The van der Waals surface area contributed by atoms with Crippen LogP contribution in [0.2, 0.25) is 0 Å². The van der Waals surface area contributed by atoms with Crippen LogP contribution in [-0.2, 0) is 21.6 Å². The van der Waals surface area contributed by atoms with E-state index in [1.807, 2.05) is 12.1 Å². The number of rotatable bonds is 8. The molecule has 2 bridgehead atoms. The predicted molar refractivity (Wildman–Crippen MR) is 169 cm³/mol. The molecule has 43 heavy (non-hydrogen) atoms. The number of carbonyl (C=O) groups excluding carboxylic acids is 1. The summed E-state index contributed by atoms with van der Waals surface area (Å²) in [5, 5.41) is 26.1. The SMILES string of the molecule is COc1c(CN2O[C@@H](CO)[C@@H]([C@H](C)O)[C@H]2C(=O)N[C@H]2C[C@H]3C[C@@H]([C@@H]2C)C3(C)C)cccc1-c1cc(C)cc(C(C)(C)C)c1. The first kappa shape index (κ1) is 32.0. The molecule has 1 heterocycles. The maximum Gasteiger partial charge on any atom is 0.240 e. The Kier molecular flexibility index (Phi) is 8.78. The molecule has 7 heteroatoms. The first-order chi connectivity index (χ1) is 20.2. The molecule has 7 nitrogen and oxygen atoms in total. The van der Waals surface area contributed by atoms with Crippen molar-refractivity contribution in [2.24, 2.45) is 29.1 Å². The second-order valence-electron chi connectivity index (χ2n) is 15.1. The van der Waals surface area contributed by atoms with Crippen LogP contribution in [0, 0.1) is 36.0 Å². The van der Waals surface area contributed by atoms with Crippen molar-refractivity contribution in [2.45, 2.75) is 104 Å². The van der Waals surface area contributed by atoms with Crippen LogP contribution in [0.3, 0.4) is 0 Å². The van der Waals surface area contributed by atoms with E-state index in [0.717, 1.165) is 28.9 Å². The van der Waals surface area contributed by atoms with Gasteiger partial charge in [0.25, 0.3) is 0 Å². The van der Waals surface area contributed by atoms with E-state index in [-0.39, 0.29) is 30.5 Å². The molecule has 3 aliphatic carbocycles. The van der Waals surface area contributed by atoms with Gasteiger partial charge < -0.3 is 20.3 Å². The van der Waals surface area contributed by atoms with Gasteiger partial charge in [-0.3, -0.25) is 9.63 Å². The van der Waals surface area contributed by atoms with Gasteiger partial charge in [0, 0.05) is 23.1 Å². The monoisotopic (exact) mass is 592 g/mol. The van der Waals surface area contributed by atoms with Gasteiger partial charge in [-0.15, -0.1) is 0 Å². The maximum absolute atomic E-state index is 14.1. The van der Waals surface area contributed by atoms with E-state index < -0.39 is 24.2 Å². The molecule has 3 saturated carbocycles. The molecule has 4 aliphatic rings. The summed E-state index contributed by atoms with van der Waals surface area (Å²) in [5.74, 6) is 1.58. The quantitative estimate of drug-likeness (QED) is 0.368. The van der Waals surface area contributed by atoms with E-state index >= 15 is 0 Å². The van der Waals surface area contributed by atoms with Gasteiger partial charge in [0.2, 0.25) is 5.91 Å². The minimum Gasteiger partial charge on any atom is -0.496 e. The van der Waals surface area contributed by atoms with E-state index in [1.54, 1.807) is 19.1 Å². The van der Waals surface area contributed by atoms with Crippen molar-refractivity contribution >= 4 is 5.91 Å². The molecule has 1 aliphatic heterocycles. The number of ether oxygens (including phenoxy) is 1. The Morgan fingerprint density at radius 3 is 2.51 bits per heavy atom. The number of methoxy groups -OCH3 is 1. The van der Waals surface area contributed by atoms with Crippen molar-refractivity contribution in [3.8, 4) is 16.9 Å². The second kappa shape index (κ2) is 11.8. The molecule has 4 fully saturated rings. The third-order valence-electron chi connectivity index (χ3n) is 10.9. The summed E-state index contributed by atoms with van der Waals surface area (Å²) in [5.41, 5.74) is 5.66. The summed E-state index contributed by atoms with van der Waals surface area (Å²) < 4.78 is 6.02. The third kappa shape index (κ3) is 5.86. The topological polar surface area (TPSA) is 91.3 Å². The molecule has 2 aromatic carbocycles. The Labute approximate surface area is 257 Å². The fourth-order valence-corrected chi connectivity index (χ4v) is 8.20. The summed E-state index contributed by atoms with van der Waals surface area (Å²) in [4.78, 5) is 20.3. The Bertz CT molecular complexity index is 1330. The van der Waals surface area contributed by atoms with Crippen LogP contribution in [0.4, 0.5) is 0 Å². The lowest BCUT2D eigenvalue weighted by atomic mass is 9.45. The molecule has 2 aromatic rings. The molecule has 8 atom stereocenters. The van der Waals surface area contributed by atoms with Crippen LogP contribution < -0.4 is 10.1 Å². The normalized spacial score (nSPS) is 30.9. The maximum atomic E-state index is 14.1. The van der Waals surface area contributed by atoms with Crippen molar-refractivity contribution in [3.05, 3.63) is 53.1 Å². The van der Waals surface area contributed by atoms with Crippen molar-refractivity contribution in [2.75, 3.05) is 13.7 Å². The van der Waals surface area contributed by atoms with Crippen LogP contribution in [0.5, 0.6) is 5.75 Å². The number of hydrogen-bond acceptors (Lipinski definition) is 6. The minimum absolute atomic E-state index is 0.00299. The average molecular weight is 593 g/mol. The van der Waals surface area contributed by atoms with Crippen molar-refractivity contribution < 1.29 is 24.6 Å². The molecule has 6 rings (SSSR count). The van der Waals surface area contributed by atoms with Gasteiger partial charge in [-0.05, 0) is 66.4 Å². The highest BCUT2D eigenvalue weighted by atomic mass is 16.7. The largest absolute Gasteiger partial charge is 0.496 e. The van der Waals surface area contributed by atoms with Crippen LogP contribution in [0.25, 0.3) is 11.1 Å². The van der Waals surface area contributed by atoms with E-state index in [9.17, 15) is 15.0 Å². The molecule has 0 spiro atoms. The number of fused-ring (bicyclic) bond motifs is 2. The molecule has 0 radical (unpaired) electrons. The van der Waals surface area contributed by atoms with Crippen molar-refractivity contribution in [1.29, 1.82) is 0 Å². The number of nitrogens with one attached hydrogen (secondary N) is 1. The van der Waals surface area contributed by atoms with Crippen molar-refractivity contribution in [3.63, 3.8) is 0 Å². The van der Waals surface area contributed by atoms with Gasteiger partial charge in [0.15, 0.2) is 0 Å². The zero-order valence-electron chi connectivity index (χ0n) is 27.5. The molecule has 0 aromatic heterocycles. The van der Waals surface area contributed by atoms with Crippen LogP contribution >= 0.6 is 0 Å². The number of nitrogens with zero attached hydrogens (tertiary/aromatic N) is 1. The number of hydroxylamine groups is 2. The number of aliphatic hydroxyl groups is 2. The van der Waals surface area contributed by atoms with E-state index in [2.05, 4.69) is 78.0 Å². The number of carbonyl (C=O) groups is 1. The zero-order chi connectivity index (χ0) is 31.4. The molecular formula is C36H52N2O5. The van der Waals surface area contributed by atoms with Gasteiger partial charge in [0.1, 0.15) is 17.9 Å². The molecular weight excluding hydrogens is 540 g/mol. The van der Waals surface area contributed by atoms with Gasteiger partial charge in [-0.25, -0.2) is 0 Å². The number of aryl methyl sites for hydroxylation is 1. The summed E-state index contributed by atoms with van der Waals surface area (Å²) in [6, 6.07) is 12.0. The van der Waals surface area contributed by atoms with Crippen molar-refractivity contribution in [1.82, 2.24) is 10.4 Å². The van der Waals surface area contributed by atoms with Crippen LogP contribution in [0.15, 0.2) is 36.4 Å². The first-order valence-corrected chi connectivity index (χ1v) is 16.0. The van der Waals surface area contributed by atoms with Gasteiger partial charge in [-0.1, -0.05) is 83.5 Å². The average Bonchev–Trinajstić information content (AvgIpc) is 3.31. The molecule has 1 saturated heterocycles. The highest BCUT2D eigenvalue weighted by Crippen LogP contribution is 2.61. The Hall–Kier alpha value is -2.45. The molecule has 0 unspecified atom stereocenters. The highest BCUT2D eigenvalue weighted by molar-refractivity contribution is 5.83. The Morgan fingerprint density at radius 2 is 1.93 bits per heavy atom. The molecule has 1 amide bonds. The van der Waals surface area contributed by atoms with Gasteiger partial charge in [-0.2, -0.15) is 5.06 Å². The first-order valence-electron chi connectivity index (χ1n) is 16.0. The zero-order valence-corrected chi connectivity index (χ0v) is 27.5. The number of amides is 1. The van der Waals surface area contributed by atoms with E-state index in [1.165, 1.54) is 17.5 Å². The summed E-state index contributed by atoms with van der Waals surface area (Å²) >= 11 is 0. The molecule has 236 valence electrons. The summed E-state index contributed by atoms with van der Waals surface area (Å²) in [6.07, 6.45) is 0.670. The smallest absolute Gasteiger partial charge is 0.240 e. The summed E-state index contributed by atoms with van der Waals surface area (Å²) in [6.45, 7) is 17.4. The summed E-state index contributed by atoms with van der Waals surface area (Å²) in [7, 11) is 1.67. The number of aliphatic hydroxyl groups excluding tert-OH is 2. The van der Waals surface area contributed by atoms with Crippen LogP contribution in [-0.4, -0.2) is 59.2 Å². The fourth-order valence-electron chi connectivity index (χ4n) is 8.20. The van der Waals surface area contributed by atoms with E-state index in [0.29, 0.717) is 23.2 Å². The Morgan fingerprint density at radius 1 is 1.21 bits per heavy atom. The van der Waals surface area contributed by atoms with Crippen LogP contribution in [0.1, 0.15) is 78.0 Å². The second-order valence-corrected chi connectivity index (χ2v) is 15.1. The van der Waals surface area contributed by atoms with Gasteiger partial charge in [0.05, 0.1) is 26.4 Å². The third-order valence-corrected chi connectivity index (χ3v) is 10.9. The minimum atomic E-state index is -0.842. The predicted octanol–water partition coefficient (Wildman–Crippen LogP) is 5.63. The van der Waals surface area contributed by atoms with E-state index in [4.69, 9.17) is 9.57 Å². The number of benzene rings is 2. The number of hydrogen-bond donors (Lipinski definition) is 3. The fraction of sp³-hybridized carbons (Fsp3) is 0.639. The highest BCUT2D eigenvalue weighted by Gasteiger charge is 2.57. The lowest BCUT2D eigenvalue weighted by Gasteiger charge is -2.62. The number of para-hydroxylation sites is 1. The Balaban J connectivity index is 1.45.